The van der Waals surface area contributed by atoms with E-state index in [1.807, 2.05) is 18.2 Å². The van der Waals surface area contributed by atoms with Crippen LogP contribution in [0, 0.1) is 0 Å². The van der Waals surface area contributed by atoms with Crippen LogP contribution in [0.3, 0.4) is 0 Å². The zero-order chi connectivity index (χ0) is 12.4. The van der Waals surface area contributed by atoms with E-state index in [-0.39, 0.29) is 0 Å². The molecule has 1 aromatic rings. The van der Waals surface area contributed by atoms with Gasteiger partial charge < -0.3 is 15.1 Å². The SMILES string of the molecule is CN1CCC(c2cccc(C(O)C(=O)O)c2)C1. The molecule has 1 aromatic carbocycles. The van der Waals surface area contributed by atoms with Crippen LogP contribution in [0.2, 0.25) is 0 Å². The molecular weight excluding hydrogens is 218 g/mol. The molecule has 1 aliphatic rings. The predicted octanol–water partition coefficient (Wildman–Crippen LogP) is 1.22. The summed E-state index contributed by atoms with van der Waals surface area (Å²) in [6, 6.07) is 7.28. The van der Waals surface area contributed by atoms with Crippen molar-refractivity contribution < 1.29 is 15.0 Å². The third-order valence-electron chi connectivity index (χ3n) is 3.32. The van der Waals surface area contributed by atoms with Gasteiger partial charge in [0, 0.05) is 6.54 Å². The van der Waals surface area contributed by atoms with Gasteiger partial charge in [0.05, 0.1) is 0 Å². The van der Waals surface area contributed by atoms with Gasteiger partial charge in [-0.05, 0) is 37.1 Å². The molecule has 0 spiro atoms. The van der Waals surface area contributed by atoms with E-state index in [0.29, 0.717) is 11.5 Å². The van der Waals surface area contributed by atoms with Crippen molar-refractivity contribution in [3.05, 3.63) is 35.4 Å². The molecule has 1 aliphatic heterocycles. The Kier molecular flexibility index (Phi) is 3.45. The topological polar surface area (TPSA) is 60.8 Å². The highest BCUT2D eigenvalue weighted by Crippen LogP contribution is 2.28. The number of likely N-dealkylation sites (tertiary alicyclic amines) is 1. The molecule has 4 heteroatoms. The summed E-state index contributed by atoms with van der Waals surface area (Å²) in [5, 5.41) is 18.3. The van der Waals surface area contributed by atoms with Crippen LogP contribution in [0.25, 0.3) is 0 Å². The highest BCUT2D eigenvalue weighted by molar-refractivity contribution is 5.74. The summed E-state index contributed by atoms with van der Waals surface area (Å²) in [4.78, 5) is 13.0. The number of carboxylic acids is 1. The molecule has 0 radical (unpaired) electrons. The smallest absolute Gasteiger partial charge is 0.337 e. The number of aliphatic hydroxyl groups is 1. The summed E-state index contributed by atoms with van der Waals surface area (Å²) < 4.78 is 0. The summed E-state index contributed by atoms with van der Waals surface area (Å²) in [5.74, 6) is -0.758. The van der Waals surface area contributed by atoms with Crippen molar-refractivity contribution in [3.63, 3.8) is 0 Å². The second-order valence-corrected chi connectivity index (χ2v) is 4.66. The van der Waals surface area contributed by atoms with Gasteiger partial charge in [-0.1, -0.05) is 24.3 Å². The standard InChI is InChI=1S/C13H17NO3/c1-14-6-5-11(8-14)9-3-2-4-10(7-9)12(15)13(16)17/h2-4,7,11-12,15H,5-6,8H2,1H3,(H,16,17). The Morgan fingerprint density at radius 1 is 1.53 bits per heavy atom. The molecule has 0 bridgehead atoms. The number of benzene rings is 1. The van der Waals surface area contributed by atoms with Crippen LogP contribution in [0.15, 0.2) is 24.3 Å². The number of carboxylic acid groups (broad SMARTS) is 1. The number of aliphatic carboxylic acids is 1. The Balaban J connectivity index is 2.19. The van der Waals surface area contributed by atoms with Gasteiger partial charge in [-0.2, -0.15) is 0 Å². The number of hydrogen-bond acceptors (Lipinski definition) is 3. The molecule has 0 aliphatic carbocycles. The molecule has 92 valence electrons. The summed E-state index contributed by atoms with van der Waals surface area (Å²) in [6.45, 7) is 2.06. The Morgan fingerprint density at radius 2 is 2.29 bits per heavy atom. The third-order valence-corrected chi connectivity index (χ3v) is 3.32. The second-order valence-electron chi connectivity index (χ2n) is 4.66. The molecule has 2 rings (SSSR count). The Labute approximate surface area is 100 Å². The number of carbonyl (C=O) groups is 1. The minimum Gasteiger partial charge on any atom is -0.479 e. The van der Waals surface area contributed by atoms with E-state index in [0.717, 1.165) is 25.1 Å². The van der Waals surface area contributed by atoms with Crippen molar-refractivity contribution in [2.75, 3.05) is 20.1 Å². The van der Waals surface area contributed by atoms with Crippen LogP contribution in [0.5, 0.6) is 0 Å². The number of rotatable bonds is 3. The summed E-state index contributed by atoms with van der Waals surface area (Å²) >= 11 is 0. The van der Waals surface area contributed by atoms with E-state index in [9.17, 15) is 9.90 Å². The number of nitrogens with zero attached hydrogens (tertiary/aromatic N) is 1. The Morgan fingerprint density at radius 3 is 2.88 bits per heavy atom. The molecule has 17 heavy (non-hydrogen) atoms. The lowest BCUT2D eigenvalue weighted by molar-refractivity contribution is -0.146. The van der Waals surface area contributed by atoms with Crippen molar-refractivity contribution in [2.24, 2.45) is 0 Å². The van der Waals surface area contributed by atoms with Crippen LogP contribution in [-0.4, -0.2) is 41.2 Å². The molecule has 2 unspecified atom stereocenters. The van der Waals surface area contributed by atoms with Crippen LogP contribution in [-0.2, 0) is 4.79 Å². The lowest BCUT2D eigenvalue weighted by atomic mass is 9.95. The lowest BCUT2D eigenvalue weighted by Gasteiger charge is -2.13. The van der Waals surface area contributed by atoms with Crippen molar-refractivity contribution in [1.29, 1.82) is 0 Å². The first-order valence-electron chi connectivity index (χ1n) is 5.77. The molecule has 0 aromatic heterocycles. The summed E-state index contributed by atoms with van der Waals surface area (Å²) in [6.07, 6.45) is -0.336. The van der Waals surface area contributed by atoms with Gasteiger partial charge in [0.1, 0.15) is 0 Å². The number of hydrogen-bond donors (Lipinski definition) is 2. The largest absolute Gasteiger partial charge is 0.479 e. The van der Waals surface area contributed by atoms with E-state index < -0.39 is 12.1 Å². The van der Waals surface area contributed by atoms with E-state index >= 15 is 0 Å². The molecule has 4 nitrogen and oxygen atoms in total. The fourth-order valence-corrected chi connectivity index (χ4v) is 2.33. The average Bonchev–Trinajstić information content (AvgIpc) is 2.75. The molecule has 0 amide bonds. The van der Waals surface area contributed by atoms with Crippen LogP contribution in [0.4, 0.5) is 0 Å². The molecular formula is C13H17NO3. The van der Waals surface area contributed by atoms with Gasteiger partial charge >= 0.3 is 5.97 Å². The van der Waals surface area contributed by atoms with Crippen molar-refractivity contribution in [1.82, 2.24) is 4.90 Å². The van der Waals surface area contributed by atoms with Gasteiger partial charge in [-0.15, -0.1) is 0 Å². The molecule has 2 N–H and O–H groups in total. The third kappa shape index (κ3) is 2.65. The highest BCUT2D eigenvalue weighted by atomic mass is 16.4. The maximum Gasteiger partial charge on any atom is 0.337 e. The zero-order valence-corrected chi connectivity index (χ0v) is 9.84. The first-order valence-corrected chi connectivity index (χ1v) is 5.77. The average molecular weight is 235 g/mol. The predicted molar refractivity (Wildman–Crippen MR) is 63.9 cm³/mol. The van der Waals surface area contributed by atoms with Crippen molar-refractivity contribution >= 4 is 5.97 Å². The number of aliphatic hydroxyl groups excluding tert-OH is 1. The first-order chi connectivity index (χ1) is 8.08. The molecule has 0 saturated carbocycles. The minimum absolute atomic E-state index is 0.445. The summed E-state index contributed by atoms with van der Waals surface area (Å²) in [5.41, 5.74) is 1.58. The van der Waals surface area contributed by atoms with Crippen molar-refractivity contribution in [3.8, 4) is 0 Å². The monoisotopic (exact) mass is 235 g/mol. The van der Waals surface area contributed by atoms with Crippen molar-refractivity contribution in [2.45, 2.75) is 18.4 Å². The van der Waals surface area contributed by atoms with Gasteiger partial charge in [-0.25, -0.2) is 4.79 Å². The molecule has 1 fully saturated rings. The van der Waals surface area contributed by atoms with E-state index in [2.05, 4.69) is 11.9 Å². The van der Waals surface area contributed by atoms with Gasteiger partial charge in [0.25, 0.3) is 0 Å². The maximum atomic E-state index is 10.7. The first kappa shape index (κ1) is 12.1. The van der Waals surface area contributed by atoms with E-state index in [1.165, 1.54) is 0 Å². The minimum atomic E-state index is -1.42. The number of likely N-dealkylation sites (N-methyl/N-ethyl adjacent to an activating group) is 1. The van der Waals surface area contributed by atoms with E-state index in [4.69, 9.17) is 5.11 Å². The van der Waals surface area contributed by atoms with Gasteiger partial charge in [-0.3, -0.25) is 0 Å². The fourth-order valence-electron chi connectivity index (χ4n) is 2.33. The lowest BCUT2D eigenvalue weighted by Crippen LogP contribution is -2.14. The maximum absolute atomic E-state index is 10.7. The molecule has 2 atom stereocenters. The van der Waals surface area contributed by atoms with E-state index in [1.54, 1.807) is 6.07 Å². The zero-order valence-electron chi connectivity index (χ0n) is 9.84. The second kappa shape index (κ2) is 4.85. The van der Waals surface area contributed by atoms with Gasteiger partial charge in [0.15, 0.2) is 6.10 Å². The quantitative estimate of drug-likeness (QED) is 0.827. The highest BCUT2D eigenvalue weighted by Gasteiger charge is 2.22. The fraction of sp³-hybridized carbons (Fsp3) is 0.462. The molecule has 1 saturated heterocycles. The summed E-state index contributed by atoms with van der Waals surface area (Å²) in [7, 11) is 2.08. The Hall–Kier alpha value is -1.39. The van der Waals surface area contributed by atoms with Crippen LogP contribution >= 0.6 is 0 Å². The van der Waals surface area contributed by atoms with Gasteiger partial charge in [0.2, 0.25) is 0 Å². The van der Waals surface area contributed by atoms with Crippen LogP contribution in [0.1, 0.15) is 29.6 Å². The normalized spacial score (nSPS) is 22.6. The molecule has 1 heterocycles. The Bertz CT molecular complexity index is 419. The van der Waals surface area contributed by atoms with Crippen LogP contribution < -0.4 is 0 Å².